The normalized spacial score (nSPS) is 9.73. The van der Waals surface area contributed by atoms with E-state index in [1.165, 1.54) is 25.8 Å². The number of aromatic nitrogens is 4. The van der Waals surface area contributed by atoms with Crippen molar-refractivity contribution in [2.75, 3.05) is 31.4 Å². The summed E-state index contributed by atoms with van der Waals surface area (Å²) in [6.07, 6.45) is 9.64. The summed E-state index contributed by atoms with van der Waals surface area (Å²) in [6, 6.07) is 0. The molecule has 0 bridgehead atoms. The standard InChI is InChI=1S/C14H14N6O2/c1-5-9-11(20(2)3)7-16-12(18-9)13(21)19-10-6-15-8-17-14(10)22-4/h1,6-8H,2-4H3,(H,19,21). The number of hydrogen-bond donors (Lipinski definition) is 1. The first-order valence-corrected chi connectivity index (χ1v) is 6.23. The van der Waals surface area contributed by atoms with E-state index < -0.39 is 5.91 Å². The molecule has 0 saturated heterocycles. The molecule has 0 unspecified atom stereocenters. The van der Waals surface area contributed by atoms with Crippen LogP contribution in [0.4, 0.5) is 11.4 Å². The average molecular weight is 298 g/mol. The summed E-state index contributed by atoms with van der Waals surface area (Å²) in [5.41, 5.74) is 1.30. The third-order valence-electron chi connectivity index (χ3n) is 2.71. The number of ether oxygens (including phenoxy) is 1. The van der Waals surface area contributed by atoms with Gasteiger partial charge in [-0.3, -0.25) is 4.79 Å². The van der Waals surface area contributed by atoms with Crippen LogP contribution in [0.2, 0.25) is 0 Å². The minimum absolute atomic E-state index is 0.0514. The summed E-state index contributed by atoms with van der Waals surface area (Å²) < 4.78 is 5.03. The number of carbonyl (C=O) groups is 1. The topological polar surface area (TPSA) is 93.1 Å². The van der Waals surface area contributed by atoms with Gasteiger partial charge in [0.25, 0.3) is 5.91 Å². The average Bonchev–Trinajstić information content (AvgIpc) is 2.54. The maximum atomic E-state index is 12.2. The summed E-state index contributed by atoms with van der Waals surface area (Å²) in [5, 5.41) is 2.58. The number of rotatable bonds is 4. The molecule has 0 aliphatic heterocycles. The molecule has 0 radical (unpaired) electrons. The molecule has 8 heteroatoms. The lowest BCUT2D eigenvalue weighted by Gasteiger charge is -2.14. The molecule has 0 saturated carbocycles. The first-order valence-electron chi connectivity index (χ1n) is 6.23. The Labute approximate surface area is 127 Å². The van der Waals surface area contributed by atoms with Crippen LogP contribution in [0.25, 0.3) is 0 Å². The lowest BCUT2D eigenvalue weighted by molar-refractivity contribution is 0.101. The fourth-order valence-corrected chi connectivity index (χ4v) is 1.66. The molecule has 0 aliphatic carbocycles. The molecule has 0 aliphatic rings. The van der Waals surface area contributed by atoms with E-state index >= 15 is 0 Å². The molecular formula is C14H14N6O2. The van der Waals surface area contributed by atoms with E-state index in [2.05, 4.69) is 31.2 Å². The van der Waals surface area contributed by atoms with E-state index in [4.69, 9.17) is 11.2 Å². The predicted molar refractivity (Wildman–Crippen MR) is 80.8 cm³/mol. The minimum atomic E-state index is -0.532. The van der Waals surface area contributed by atoms with Crippen LogP contribution in [0, 0.1) is 12.3 Å². The van der Waals surface area contributed by atoms with Gasteiger partial charge in [0.05, 0.1) is 25.2 Å². The summed E-state index contributed by atoms with van der Waals surface area (Å²) in [7, 11) is 5.06. The molecule has 2 rings (SSSR count). The van der Waals surface area contributed by atoms with Gasteiger partial charge in [-0.15, -0.1) is 6.42 Å². The monoisotopic (exact) mass is 298 g/mol. The SMILES string of the molecule is C#Cc1nc(C(=O)Nc2cncnc2OC)ncc1N(C)C. The molecule has 2 aromatic heterocycles. The van der Waals surface area contributed by atoms with Crippen LogP contribution in [-0.4, -0.2) is 47.0 Å². The van der Waals surface area contributed by atoms with E-state index in [-0.39, 0.29) is 11.7 Å². The van der Waals surface area contributed by atoms with Gasteiger partial charge in [-0.2, -0.15) is 4.98 Å². The van der Waals surface area contributed by atoms with Gasteiger partial charge >= 0.3 is 0 Å². The number of nitrogens with one attached hydrogen (secondary N) is 1. The molecule has 0 aromatic carbocycles. The van der Waals surface area contributed by atoms with Gasteiger partial charge in [0.2, 0.25) is 11.7 Å². The maximum absolute atomic E-state index is 12.2. The highest BCUT2D eigenvalue weighted by Crippen LogP contribution is 2.19. The quantitative estimate of drug-likeness (QED) is 0.825. The zero-order valence-electron chi connectivity index (χ0n) is 12.4. The molecule has 0 spiro atoms. The molecular weight excluding hydrogens is 284 g/mol. The van der Waals surface area contributed by atoms with Gasteiger partial charge in [0.15, 0.2) is 0 Å². The zero-order chi connectivity index (χ0) is 16.1. The number of hydrogen-bond acceptors (Lipinski definition) is 7. The predicted octanol–water partition coefficient (Wildman–Crippen LogP) is 0.575. The van der Waals surface area contributed by atoms with Crippen molar-refractivity contribution >= 4 is 17.3 Å². The number of methoxy groups -OCH3 is 1. The molecule has 1 amide bonds. The molecule has 0 fully saturated rings. The summed E-state index contributed by atoms with van der Waals surface area (Å²) in [6.45, 7) is 0. The third kappa shape index (κ3) is 3.09. The third-order valence-corrected chi connectivity index (χ3v) is 2.71. The molecule has 1 N–H and O–H groups in total. The Hall–Kier alpha value is -3.21. The van der Waals surface area contributed by atoms with E-state index in [1.807, 2.05) is 14.1 Å². The van der Waals surface area contributed by atoms with Crippen molar-refractivity contribution in [1.29, 1.82) is 0 Å². The lowest BCUT2D eigenvalue weighted by Crippen LogP contribution is -2.19. The summed E-state index contributed by atoms with van der Waals surface area (Å²) in [4.78, 5) is 29.8. The van der Waals surface area contributed by atoms with Crippen LogP contribution in [0.5, 0.6) is 5.88 Å². The molecule has 2 heterocycles. The van der Waals surface area contributed by atoms with Crippen molar-refractivity contribution < 1.29 is 9.53 Å². The molecule has 112 valence electrons. The fourth-order valence-electron chi connectivity index (χ4n) is 1.66. The number of amides is 1. The Bertz CT molecular complexity index is 738. The Morgan fingerprint density at radius 3 is 2.77 bits per heavy atom. The first kappa shape index (κ1) is 15.2. The molecule has 8 nitrogen and oxygen atoms in total. The molecule has 2 aromatic rings. The van der Waals surface area contributed by atoms with Crippen molar-refractivity contribution in [3.8, 4) is 18.2 Å². The van der Waals surface area contributed by atoms with E-state index in [0.29, 0.717) is 17.1 Å². The van der Waals surface area contributed by atoms with Crippen molar-refractivity contribution in [2.24, 2.45) is 0 Å². The summed E-state index contributed by atoms with van der Waals surface area (Å²) in [5.74, 6) is 2.09. The second-order valence-corrected chi connectivity index (χ2v) is 4.37. The highest BCUT2D eigenvalue weighted by Gasteiger charge is 2.15. The lowest BCUT2D eigenvalue weighted by atomic mass is 10.3. The minimum Gasteiger partial charge on any atom is -0.479 e. The van der Waals surface area contributed by atoms with Gasteiger partial charge < -0.3 is 15.0 Å². The van der Waals surface area contributed by atoms with Crippen LogP contribution < -0.4 is 15.0 Å². The smallest absolute Gasteiger partial charge is 0.293 e. The zero-order valence-corrected chi connectivity index (χ0v) is 12.4. The number of carbonyl (C=O) groups excluding carboxylic acids is 1. The largest absolute Gasteiger partial charge is 0.479 e. The van der Waals surface area contributed by atoms with Gasteiger partial charge in [0, 0.05) is 14.1 Å². The van der Waals surface area contributed by atoms with Gasteiger partial charge in [0.1, 0.15) is 17.7 Å². The van der Waals surface area contributed by atoms with E-state index in [1.54, 1.807) is 4.90 Å². The van der Waals surface area contributed by atoms with Crippen LogP contribution in [0.3, 0.4) is 0 Å². The Balaban J connectivity index is 2.29. The maximum Gasteiger partial charge on any atom is 0.293 e. The van der Waals surface area contributed by atoms with Crippen molar-refractivity contribution in [2.45, 2.75) is 0 Å². The van der Waals surface area contributed by atoms with Gasteiger partial charge in [-0.1, -0.05) is 0 Å². The van der Waals surface area contributed by atoms with Gasteiger partial charge in [-0.25, -0.2) is 15.0 Å². The van der Waals surface area contributed by atoms with E-state index in [9.17, 15) is 4.79 Å². The van der Waals surface area contributed by atoms with Crippen molar-refractivity contribution in [3.63, 3.8) is 0 Å². The van der Waals surface area contributed by atoms with Crippen LogP contribution >= 0.6 is 0 Å². The van der Waals surface area contributed by atoms with Crippen LogP contribution in [0.15, 0.2) is 18.7 Å². The number of nitrogens with zero attached hydrogens (tertiary/aromatic N) is 5. The second-order valence-electron chi connectivity index (χ2n) is 4.37. The highest BCUT2D eigenvalue weighted by molar-refractivity contribution is 6.02. The Kier molecular flexibility index (Phi) is 4.48. The van der Waals surface area contributed by atoms with Crippen LogP contribution in [0.1, 0.15) is 16.3 Å². The fraction of sp³-hybridized carbons (Fsp3) is 0.214. The first-order chi connectivity index (χ1) is 10.6. The van der Waals surface area contributed by atoms with Crippen LogP contribution in [-0.2, 0) is 0 Å². The highest BCUT2D eigenvalue weighted by atomic mass is 16.5. The van der Waals surface area contributed by atoms with Crippen molar-refractivity contribution in [1.82, 2.24) is 19.9 Å². The van der Waals surface area contributed by atoms with Crippen molar-refractivity contribution in [3.05, 3.63) is 30.2 Å². The second kappa shape index (κ2) is 6.49. The Morgan fingerprint density at radius 1 is 1.36 bits per heavy atom. The summed E-state index contributed by atoms with van der Waals surface area (Å²) >= 11 is 0. The van der Waals surface area contributed by atoms with E-state index in [0.717, 1.165) is 0 Å². The Morgan fingerprint density at radius 2 is 2.14 bits per heavy atom. The number of terminal acetylenes is 1. The number of anilines is 2. The molecule has 22 heavy (non-hydrogen) atoms. The molecule has 0 atom stereocenters. The van der Waals surface area contributed by atoms with Gasteiger partial charge in [-0.05, 0) is 5.92 Å².